The minimum atomic E-state index is -3.99. The van der Waals surface area contributed by atoms with Crippen LogP contribution in [0, 0.1) is 5.82 Å². The third-order valence-corrected chi connectivity index (χ3v) is 6.31. The van der Waals surface area contributed by atoms with Crippen molar-refractivity contribution in [2.24, 2.45) is 5.10 Å². The molecule has 32 heavy (non-hydrogen) atoms. The number of hydrogen-bond donors (Lipinski definition) is 1. The van der Waals surface area contributed by atoms with E-state index in [0.29, 0.717) is 16.9 Å². The van der Waals surface area contributed by atoms with E-state index in [2.05, 4.69) is 10.5 Å². The van der Waals surface area contributed by atoms with Gasteiger partial charge in [0.1, 0.15) is 11.6 Å². The Kier molecular flexibility index (Phi) is 7.69. The van der Waals surface area contributed by atoms with Gasteiger partial charge in [-0.3, -0.25) is 4.79 Å². The number of halogens is 1. The van der Waals surface area contributed by atoms with Crippen LogP contribution < -0.4 is 10.2 Å². The molecule has 0 aliphatic heterocycles. The lowest BCUT2D eigenvalue weighted by Crippen LogP contribution is -2.39. The van der Waals surface area contributed by atoms with Crippen molar-refractivity contribution in [2.45, 2.75) is 11.4 Å². The lowest BCUT2D eigenvalue weighted by atomic mass is 10.2. The zero-order chi connectivity index (χ0) is 23.0. The summed E-state index contributed by atoms with van der Waals surface area (Å²) in [4.78, 5) is 12.5. The van der Waals surface area contributed by atoms with Gasteiger partial charge in [-0.15, -0.1) is 0 Å². The molecular weight excluding hydrogens is 433 g/mol. The Morgan fingerprint density at radius 2 is 1.69 bits per heavy atom. The molecule has 0 bridgehead atoms. The normalized spacial score (nSPS) is 11.6. The molecule has 0 fully saturated rings. The van der Waals surface area contributed by atoms with Crippen LogP contribution in [0.25, 0.3) is 0 Å². The molecule has 0 aliphatic carbocycles. The second-order valence-electron chi connectivity index (χ2n) is 6.75. The van der Waals surface area contributed by atoms with Crippen LogP contribution in [0.3, 0.4) is 0 Å². The fraction of sp³-hybridized carbons (Fsp3) is 0.130. The Labute approximate surface area is 186 Å². The second-order valence-corrected chi connectivity index (χ2v) is 8.69. The highest BCUT2D eigenvalue weighted by Crippen LogP contribution is 2.18. The summed E-state index contributed by atoms with van der Waals surface area (Å²) in [6.07, 6.45) is 1.41. The largest absolute Gasteiger partial charge is 0.496 e. The maximum Gasteiger partial charge on any atom is 0.255 e. The van der Waals surface area contributed by atoms with E-state index in [9.17, 15) is 17.6 Å². The van der Waals surface area contributed by atoms with Crippen LogP contribution in [0.2, 0.25) is 0 Å². The van der Waals surface area contributed by atoms with Crippen LogP contribution in [0.1, 0.15) is 11.1 Å². The average Bonchev–Trinajstić information content (AvgIpc) is 2.81. The third kappa shape index (κ3) is 5.99. The predicted octanol–water partition coefficient (Wildman–Crippen LogP) is 3.18. The zero-order valence-electron chi connectivity index (χ0n) is 17.3. The van der Waals surface area contributed by atoms with Crippen LogP contribution in [0.15, 0.2) is 88.9 Å². The van der Waals surface area contributed by atoms with E-state index in [-0.39, 0.29) is 11.4 Å². The summed E-state index contributed by atoms with van der Waals surface area (Å²) in [5.74, 6) is -0.484. The Morgan fingerprint density at radius 3 is 2.38 bits per heavy atom. The summed E-state index contributed by atoms with van der Waals surface area (Å²) in [5.41, 5.74) is 3.53. The molecule has 0 aromatic heterocycles. The number of nitrogens with zero attached hydrogens (tertiary/aromatic N) is 2. The molecule has 0 heterocycles. The maximum atomic E-state index is 13.2. The molecular formula is C23H22FN3O4S. The van der Waals surface area contributed by atoms with Gasteiger partial charge in [-0.1, -0.05) is 42.5 Å². The molecule has 166 valence electrons. The fourth-order valence-electron chi connectivity index (χ4n) is 2.90. The molecule has 0 saturated heterocycles. The molecule has 0 saturated carbocycles. The molecule has 1 amide bonds. The van der Waals surface area contributed by atoms with Gasteiger partial charge in [0.05, 0.1) is 24.8 Å². The zero-order valence-corrected chi connectivity index (χ0v) is 18.1. The predicted molar refractivity (Wildman–Crippen MR) is 119 cm³/mol. The lowest BCUT2D eigenvalue weighted by Gasteiger charge is -2.21. The summed E-state index contributed by atoms with van der Waals surface area (Å²) >= 11 is 0. The standard InChI is InChI=1S/C23H22FN3O4S/c1-31-22-10-6-5-7-19(22)15-25-26-23(28)17-27(16-18-11-13-20(24)14-12-18)32(29,30)21-8-3-2-4-9-21/h2-15H,16-17H2,1H3,(H,26,28)/b25-15-. The summed E-state index contributed by atoms with van der Waals surface area (Å²) in [5, 5.41) is 3.90. The van der Waals surface area contributed by atoms with Crippen molar-refractivity contribution in [1.82, 2.24) is 9.73 Å². The van der Waals surface area contributed by atoms with Gasteiger partial charge in [-0.25, -0.2) is 18.2 Å². The van der Waals surface area contributed by atoms with Crippen molar-refractivity contribution in [3.8, 4) is 5.75 Å². The topological polar surface area (TPSA) is 88.1 Å². The Balaban J connectivity index is 1.78. The van der Waals surface area contributed by atoms with Gasteiger partial charge in [0.15, 0.2) is 0 Å². The van der Waals surface area contributed by atoms with Gasteiger partial charge in [0.25, 0.3) is 5.91 Å². The van der Waals surface area contributed by atoms with E-state index in [1.807, 2.05) is 0 Å². The number of hydrogen-bond acceptors (Lipinski definition) is 5. The first kappa shape index (κ1) is 23.1. The number of para-hydroxylation sites is 1. The molecule has 0 unspecified atom stereocenters. The van der Waals surface area contributed by atoms with E-state index in [0.717, 1.165) is 4.31 Å². The summed E-state index contributed by atoms with van der Waals surface area (Å²) < 4.78 is 45.8. The lowest BCUT2D eigenvalue weighted by molar-refractivity contribution is -0.121. The first-order chi connectivity index (χ1) is 15.4. The smallest absolute Gasteiger partial charge is 0.255 e. The van der Waals surface area contributed by atoms with Crippen molar-refractivity contribution in [2.75, 3.05) is 13.7 Å². The number of carbonyl (C=O) groups is 1. The van der Waals surface area contributed by atoms with Gasteiger partial charge < -0.3 is 4.74 Å². The van der Waals surface area contributed by atoms with Gasteiger partial charge in [-0.2, -0.15) is 9.41 Å². The molecule has 9 heteroatoms. The number of methoxy groups -OCH3 is 1. The highest BCUT2D eigenvalue weighted by atomic mass is 32.2. The molecule has 3 aromatic carbocycles. The van der Waals surface area contributed by atoms with E-state index >= 15 is 0 Å². The molecule has 3 rings (SSSR count). The van der Waals surface area contributed by atoms with Gasteiger partial charge in [0.2, 0.25) is 10.0 Å². The van der Waals surface area contributed by atoms with Crippen molar-refractivity contribution in [3.05, 3.63) is 95.8 Å². The molecule has 0 radical (unpaired) electrons. The Bertz CT molecular complexity index is 1180. The fourth-order valence-corrected chi connectivity index (χ4v) is 4.31. The summed E-state index contributed by atoms with van der Waals surface area (Å²) in [6.45, 7) is -0.584. The highest BCUT2D eigenvalue weighted by Gasteiger charge is 2.26. The molecule has 7 nitrogen and oxygen atoms in total. The molecule has 0 spiro atoms. The molecule has 0 aliphatic rings. The Hall–Kier alpha value is -3.56. The number of nitrogens with one attached hydrogen (secondary N) is 1. The number of ether oxygens (including phenoxy) is 1. The second kappa shape index (κ2) is 10.7. The van der Waals surface area contributed by atoms with Crippen molar-refractivity contribution in [3.63, 3.8) is 0 Å². The minimum absolute atomic E-state index is 0.0486. The third-order valence-electron chi connectivity index (χ3n) is 4.50. The summed E-state index contributed by atoms with van der Waals surface area (Å²) in [6, 6.07) is 20.3. The SMILES string of the molecule is COc1ccccc1/C=N\NC(=O)CN(Cc1ccc(F)cc1)S(=O)(=O)c1ccccc1. The number of carbonyl (C=O) groups excluding carboxylic acids is 1. The van der Waals surface area contributed by atoms with Crippen molar-refractivity contribution < 1.29 is 22.3 Å². The first-order valence-corrected chi connectivity index (χ1v) is 11.1. The number of hydrazone groups is 1. The van der Waals surface area contributed by atoms with E-state index < -0.39 is 28.3 Å². The Morgan fingerprint density at radius 1 is 1.03 bits per heavy atom. The number of sulfonamides is 1. The van der Waals surface area contributed by atoms with E-state index in [1.165, 1.54) is 49.7 Å². The van der Waals surface area contributed by atoms with Crippen LogP contribution in [-0.4, -0.2) is 38.5 Å². The quantitative estimate of drug-likeness (QED) is 0.397. The van der Waals surface area contributed by atoms with Crippen LogP contribution in [0.5, 0.6) is 5.75 Å². The van der Waals surface area contributed by atoms with Gasteiger partial charge in [-0.05, 0) is 42.0 Å². The van der Waals surface area contributed by atoms with Gasteiger partial charge in [0, 0.05) is 12.1 Å². The van der Waals surface area contributed by atoms with E-state index in [1.54, 1.807) is 42.5 Å². The molecule has 1 N–H and O–H groups in total. The van der Waals surface area contributed by atoms with Crippen LogP contribution in [0.4, 0.5) is 4.39 Å². The van der Waals surface area contributed by atoms with Crippen molar-refractivity contribution >= 4 is 22.1 Å². The number of amides is 1. The van der Waals surface area contributed by atoms with Crippen LogP contribution >= 0.6 is 0 Å². The van der Waals surface area contributed by atoms with Crippen LogP contribution in [-0.2, 0) is 21.4 Å². The van der Waals surface area contributed by atoms with E-state index in [4.69, 9.17) is 4.74 Å². The van der Waals surface area contributed by atoms with Crippen molar-refractivity contribution in [1.29, 1.82) is 0 Å². The number of benzene rings is 3. The number of rotatable bonds is 9. The first-order valence-electron chi connectivity index (χ1n) is 9.64. The molecule has 0 atom stereocenters. The minimum Gasteiger partial charge on any atom is -0.496 e. The summed E-state index contributed by atoms with van der Waals surface area (Å²) in [7, 11) is -2.46. The highest BCUT2D eigenvalue weighted by molar-refractivity contribution is 7.89. The average molecular weight is 456 g/mol. The maximum absolute atomic E-state index is 13.2. The molecule has 3 aromatic rings. The monoisotopic (exact) mass is 455 g/mol. The van der Waals surface area contributed by atoms with Gasteiger partial charge >= 0.3 is 0 Å².